The highest BCUT2D eigenvalue weighted by Crippen LogP contribution is 2.22. The van der Waals surface area contributed by atoms with Crippen LogP contribution in [0.4, 0.5) is 0 Å². The van der Waals surface area contributed by atoms with Crippen molar-refractivity contribution in [2.24, 2.45) is 0 Å². The van der Waals surface area contributed by atoms with E-state index in [0.29, 0.717) is 0 Å². The van der Waals surface area contributed by atoms with Crippen LogP contribution in [0.5, 0.6) is 0 Å². The van der Waals surface area contributed by atoms with Gasteiger partial charge in [0, 0.05) is 86.6 Å². The molecule has 9 heteroatoms. The number of aryl methyl sites for hydroxylation is 15. The predicted octanol–water partition coefficient (Wildman–Crippen LogP) is 24.1. The standard InChI is InChI=1S/6C11H11N.C6H9N3.6C2H6/c1-8-5-9(2)11-3-4-12-7-10(11)6-8;1-8-5-9(2)11-7-12-4-3-10(11)6-8;1-8-6-9(2)10-4-3-5-12-11(10)7-8;1-8-6-9(2)11-10(7-8)4-3-5-12-11;1-8-7-10-5-3-4-6-11(10)9(2)12-8;1-8-7-9(2)12-11-6-4-3-5-10(8)11;1-4-7-5(2)9-6(3)8-4;6*1-2/h6*3-7H,1-2H3;1-3H3;6*1-2H3. The van der Waals surface area contributed by atoms with Gasteiger partial charge in [-0.25, -0.2) is 15.0 Å². The van der Waals surface area contributed by atoms with Gasteiger partial charge >= 0.3 is 0 Å². The number of hydrogen-bond acceptors (Lipinski definition) is 9. The highest BCUT2D eigenvalue weighted by atomic mass is 15.0. The van der Waals surface area contributed by atoms with Gasteiger partial charge in [-0.15, -0.1) is 0 Å². The fourth-order valence-corrected chi connectivity index (χ4v) is 10.1. The molecule has 0 aliphatic carbocycles. The summed E-state index contributed by atoms with van der Waals surface area (Å²) >= 11 is 0. The fraction of sp³-hybridized carbons (Fsp3) is 0.321. The third-order valence-electron chi connectivity index (χ3n) is 13.4. The first kappa shape index (κ1) is 81.8. The lowest BCUT2D eigenvalue weighted by Gasteiger charge is -2.02. The lowest BCUT2D eigenvalue weighted by atomic mass is 10.0. The Hall–Kier alpha value is -9.21. The molecule has 492 valence electrons. The van der Waals surface area contributed by atoms with Crippen LogP contribution in [0.1, 0.15) is 168 Å². The lowest BCUT2D eigenvalue weighted by Crippen LogP contribution is -1.97. The highest BCUT2D eigenvalue weighted by Gasteiger charge is 2.02. The molecule has 0 amide bonds. The molecular weight excluding hydrogens is 1130 g/mol. The smallest absolute Gasteiger partial charge is 0.129 e. The second-order valence-corrected chi connectivity index (χ2v) is 20.8. The number of nitrogens with zero attached hydrogens (tertiary/aromatic N) is 9. The number of para-hydroxylation sites is 1. The number of pyridine rings is 6. The molecule has 0 atom stereocenters. The molecule has 13 aromatic rings. The van der Waals surface area contributed by atoms with Gasteiger partial charge < -0.3 is 0 Å². The Morgan fingerprint density at radius 3 is 1.27 bits per heavy atom. The Bertz CT molecular complexity index is 3570. The van der Waals surface area contributed by atoms with Crippen LogP contribution in [0.25, 0.3) is 65.0 Å². The Morgan fingerprint density at radius 2 is 0.656 bits per heavy atom. The fourth-order valence-electron chi connectivity index (χ4n) is 10.1. The van der Waals surface area contributed by atoms with E-state index < -0.39 is 0 Å². The van der Waals surface area contributed by atoms with E-state index in [9.17, 15) is 0 Å². The summed E-state index contributed by atoms with van der Waals surface area (Å²) in [5.74, 6) is 2.38. The summed E-state index contributed by atoms with van der Waals surface area (Å²) in [6.07, 6.45) is 11.2. The molecule has 6 aromatic carbocycles. The first-order valence-electron chi connectivity index (χ1n) is 33.4. The maximum atomic E-state index is 4.44. The normalized spacial score (nSPS) is 9.45. The van der Waals surface area contributed by atoms with E-state index >= 15 is 0 Å². The number of fused-ring (bicyclic) bond motifs is 6. The third-order valence-corrected chi connectivity index (χ3v) is 13.4. The molecule has 9 nitrogen and oxygen atoms in total. The van der Waals surface area contributed by atoms with Crippen molar-refractivity contribution in [2.45, 2.75) is 187 Å². The summed E-state index contributed by atoms with van der Waals surface area (Å²) in [4.78, 5) is 37.7. The summed E-state index contributed by atoms with van der Waals surface area (Å²) < 4.78 is 0. The van der Waals surface area contributed by atoms with Crippen LogP contribution in [0.2, 0.25) is 0 Å². The van der Waals surface area contributed by atoms with Gasteiger partial charge in [0.25, 0.3) is 0 Å². The van der Waals surface area contributed by atoms with Crippen LogP contribution in [-0.4, -0.2) is 44.9 Å². The zero-order valence-electron chi connectivity index (χ0n) is 61.8. The van der Waals surface area contributed by atoms with Crippen molar-refractivity contribution in [2.75, 3.05) is 0 Å². The van der Waals surface area contributed by atoms with Crippen LogP contribution in [0.3, 0.4) is 0 Å². The highest BCUT2D eigenvalue weighted by molar-refractivity contribution is 5.87. The zero-order chi connectivity index (χ0) is 70.2. The van der Waals surface area contributed by atoms with Crippen molar-refractivity contribution >= 4 is 65.0 Å². The van der Waals surface area contributed by atoms with Crippen molar-refractivity contribution in [1.29, 1.82) is 0 Å². The number of rotatable bonds is 0. The minimum atomic E-state index is 0.792. The molecule has 0 radical (unpaired) electrons. The molecule has 0 aliphatic rings. The first-order valence-corrected chi connectivity index (χ1v) is 33.4. The summed E-state index contributed by atoms with van der Waals surface area (Å²) in [6.45, 7) is 54.7. The largest absolute Gasteiger partial charge is 0.264 e. The monoisotopic (exact) mass is 1250 g/mol. The van der Waals surface area contributed by atoms with Crippen LogP contribution in [0, 0.1) is 104 Å². The third kappa shape index (κ3) is 27.3. The first-order chi connectivity index (χ1) is 44.8. The Morgan fingerprint density at radius 1 is 0.247 bits per heavy atom. The average molecular weight is 1250 g/mol. The molecule has 0 fully saturated rings. The van der Waals surface area contributed by atoms with Gasteiger partial charge in [0.2, 0.25) is 0 Å². The van der Waals surface area contributed by atoms with Gasteiger partial charge in [0.1, 0.15) is 17.5 Å². The molecule has 0 aliphatic heterocycles. The van der Waals surface area contributed by atoms with E-state index in [1.54, 1.807) is 0 Å². The molecular formula is C84H111N9. The topological polar surface area (TPSA) is 116 Å². The van der Waals surface area contributed by atoms with E-state index in [-0.39, 0.29) is 0 Å². The van der Waals surface area contributed by atoms with E-state index in [1.807, 2.05) is 185 Å². The molecule has 0 saturated heterocycles. The van der Waals surface area contributed by atoms with E-state index in [2.05, 4.69) is 229 Å². The molecule has 0 spiro atoms. The Labute approximate surface area is 561 Å². The van der Waals surface area contributed by atoms with Gasteiger partial charge in [-0.2, -0.15) is 0 Å². The predicted molar refractivity (Wildman–Crippen MR) is 409 cm³/mol. The van der Waals surface area contributed by atoms with Gasteiger partial charge in [-0.3, -0.25) is 29.9 Å². The maximum Gasteiger partial charge on any atom is 0.129 e. The lowest BCUT2D eigenvalue weighted by molar-refractivity contribution is 0.875. The average Bonchev–Trinajstić information content (AvgIpc) is 1.16. The van der Waals surface area contributed by atoms with Crippen molar-refractivity contribution in [3.8, 4) is 0 Å². The summed E-state index contributed by atoms with van der Waals surface area (Å²) in [6, 6.07) is 50.4. The molecule has 0 unspecified atom stereocenters. The van der Waals surface area contributed by atoms with Gasteiger partial charge in [-0.05, 0) is 214 Å². The molecule has 7 heterocycles. The molecule has 7 aromatic heterocycles. The number of benzene rings is 6. The van der Waals surface area contributed by atoms with Crippen molar-refractivity contribution in [1.82, 2.24) is 44.9 Å². The van der Waals surface area contributed by atoms with Gasteiger partial charge in [0.05, 0.1) is 16.6 Å². The quantitative estimate of drug-likeness (QED) is 0.146. The minimum Gasteiger partial charge on any atom is -0.264 e. The number of hydrogen-bond donors (Lipinski definition) is 0. The van der Waals surface area contributed by atoms with E-state index in [1.165, 1.54) is 98.5 Å². The minimum absolute atomic E-state index is 0.792. The second-order valence-electron chi connectivity index (χ2n) is 20.8. The Kier molecular flexibility index (Phi) is 39.7. The SMILES string of the molecule is CC.CC.CC.CC.CC.CC.Cc1cc(C)c2ccccc2n1.Cc1cc(C)c2cccnc2c1.Cc1cc(C)c2ccncc2c1.Cc1cc(C)c2cnccc2c1.Cc1cc(C)c2ncccc2c1.Cc1cc2ccccc2c(C)n1.Cc1nc(C)nc(C)n1. The zero-order valence-corrected chi connectivity index (χ0v) is 61.8. The molecule has 0 saturated carbocycles. The van der Waals surface area contributed by atoms with E-state index in [0.717, 1.165) is 51.1 Å². The summed E-state index contributed by atoms with van der Waals surface area (Å²) in [5.41, 5.74) is 18.3. The van der Waals surface area contributed by atoms with Crippen LogP contribution in [0.15, 0.2) is 183 Å². The molecule has 0 N–H and O–H groups in total. The molecule has 0 bridgehead atoms. The summed E-state index contributed by atoms with van der Waals surface area (Å²) in [5, 5.41) is 11.3. The maximum absolute atomic E-state index is 4.44. The van der Waals surface area contributed by atoms with Crippen molar-refractivity contribution in [3.63, 3.8) is 0 Å². The van der Waals surface area contributed by atoms with E-state index in [4.69, 9.17) is 0 Å². The number of aromatic nitrogens is 9. The molecule has 13 rings (SSSR count). The molecule has 93 heavy (non-hydrogen) atoms. The van der Waals surface area contributed by atoms with Crippen LogP contribution in [-0.2, 0) is 0 Å². The van der Waals surface area contributed by atoms with Gasteiger partial charge in [0.15, 0.2) is 0 Å². The van der Waals surface area contributed by atoms with Crippen molar-refractivity contribution < 1.29 is 0 Å². The van der Waals surface area contributed by atoms with Crippen LogP contribution < -0.4 is 0 Å². The van der Waals surface area contributed by atoms with Crippen molar-refractivity contribution in [3.05, 3.63) is 267 Å². The van der Waals surface area contributed by atoms with Gasteiger partial charge in [-0.1, -0.05) is 185 Å². The Balaban J connectivity index is 0.000000528. The second kappa shape index (κ2) is 45.1. The van der Waals surface area contributed by atoms with Crippen LogP contribution >= 0.6 is 0 Å². The summed E-state index contributed by atoms with van der Waals surface area (Å²) in [7, 11) is 0.